The van der Waals surface area contributed by atoms with Crippen molar-refractivity contribution in [1.82, 2.24) is 0 Å². The van der Waals surface area contributed by atoms with E-state index in [1.54, 1.807) is 6.92 Å². The van der Waals surface area contributed by atoms with Crippen LogP contribution in [0.1, 0.15) is 57.9 Å². The van der Waals surface area contributed by atoms with Gasteiger partial charge in [-0.05, 0) is 32.3 Å². The Morgan fingerprint density at radius 3 is 2.37 bits per heavy atom. The second kappa shape index (κ2) is 14.2. The molecule has 0 fully saturated rings. The molecule has 1 heterocycles. The molecule has 154 valence electrons. The van der Waals surface area contributed by atoms with Crippen molar-refractivity contribution < 1.29 is 31.4 Å². The highest BCUT2D eigenvalue weighted by molar-refractivity contribution is 6.50. The topological polar surface area (TPSA) is 30.2 Å². The molecule has 8 heteroatoms. The Labute approximate surface area is 159 Å². The van der Waals surface area contributed by atoms with Gasteiger partial charge in [0.1, 0.15) is 6.54 Å². The molecule has 3 nitrogen and oxygen atoms in total. The highest BCUT2D eigenvalue weighted by atomic mass is 19.5. The summed E-state index contributed by atoms with van der Waals surface area (Å²) in [5, 5.41) is 0. The molecule has 27 heavy (non-hydrogen) atoms. The fourth-order valence-corrected chi connectivity index (χ4v) is 2.28. The Hall–Kier alpha value is -1.86. The van der Waals surface area contributed by atoms with Crippen molar-refractivity contribution in [3.8, 4) is 0 Å². The van der Waals surface area contributed by atoms with Crippen LogP contribution in [0.4, 0.5) is 17.3 Å². The number of hydrogen-bond donors (Lipinski definition) is 0. The first-order valence-electron chi connectivity index (χ1n) is 9.31. The molecule has 0 aromatic carbocycles. The van der Waals surface area contributed by atoms with Gasteiger partial charge in [0.05, 0.1) is 6.61 Å². The maximum atomic E-state index is 11.2. The van der Waals surface area contributed by atoms with E-state index >= 15 is 0 Å². The molecule has 0 saturated heterocycles. The van der Waals surface area contributed by atoms with Crippen LogP contribution in [0, 0.1) is 0 Å². The zero-order chi connectivity index (χ0) is 20.7. The number of carbonyl (C=O) groups excluding carboxylic acids is 1. The van der Waals surface area contributed by atoms with E-state index in [-0.39, 0.29) is 5.97 Å². The third-order valence-corrected chi connectivity index (χ3v) is 3.63. The lowest BCUT2D eigenvalue weighted by molar-refractivity contribution is -0.697. The summed E-state index contributed by atoms with van der Waals surface area (Å²) in [6.45, 7) is 9.08. The molecule has 0 radical (unpaired) electrons. The average molecular weight is 391 g/mol. The Kier molecular flexibility index (Phi) is 13.3. The molecule has 0 amide bonds. The largest absolute Gasteiger partial charge is 0.673 e. The van der Waals surface area contributed by atoms with Crippen molar-refractivity contribution in [3.05, 3.63) is 42.2 Å². The molecule has 0 unspecified atom stereocenters. The summed E-state index contributed by atoms with van der Waals surface area (Å²) in [6, 6.07) is 4.35. The number of hydrogen-bond acceptors (Lipinski definition) is 2. The number of rotatable bonds is 11. The van der Waals surface area contributed by atoms with Gasteiger partial charge >= 0.3 is 13.2 Å². The van der Waals surface area contributed by atoms with E-state index in [4.69, 9.17) is 4.74 Å². The quantitative estimate of drug-likeness (QED) is 0.128. The number of esters is 1. The number of ether oxygens (including phenoxy) is 1. The van der Waals surface area contributed by atoms with Gasteiger partial charge in [-0.15, -0.1) is 0 Å². The second-order valence-corrected chi connectivity index (χ2v) is 6.38. The van der Waals surface area contributed by atoms with Crippen LogP contribution in [-0.4, -0.2) is 19.8 Å². The molecular formula is C19H30BF4NO2. The maximum Gasteiger partial charge on any atom is 0.673 e. The van der Waals surface area contributed by atoms with E-state index in [1.165, 1.54) is 31.2 Å². The van der Waals surface area contributed by atoms with Crippen molar-refractivity contribution in [2.75, 3.05) is 6.61 Å². The molecule has 0 saturated carbocycles. The van der Waals surface area contributed by atoms with Gasteiger partial charge in [0.25, 0.3) is 0 Å². The standard InChI is InChI=1S/C19H30NO2.BF4/c1-4-5-13-20-14-10-12-18(16-20)11-8-6-7-9-15-22-19(21)17(2)3;2-1(3,4)5/h10,12,14,16H,2,4-9,11,13,15H2,1,3H3;/q+1;-1. The summed E-state index contributed by atoms with van der Waals surface area (Å²) >= 11 is 0. The summed E-state index contributed by atoms with van der Waals surface area (Å²) in [5.41, 5.74) is 1.88. The Morgan fingerprint density at radius 2 is 1.78 bits per heavy atom. The van der Waals surface area contributed by atoms with Crippen molar-refractivity contribution in [2.45, 2.75) is 65.3 Å². The van der Waals surface area contributed by atoms with Gasteiger partial charge in [-0.2, -0.15) is 0 Å². The van der Waals surface area contributed by atoms with E-state index in [0.29, 0.717) is 12.2 Å². The van der Waals surface area contributed by atoms with Crippen LogP contribution in [0.15, 0.2) is 36.7 Å². The monoisotopic (exact) mass is 391 g/mol. The predicted molar refractivity (Wildman–Crippen MR) is 99.7 cm³/mol. The minimum Gasteiger partial charge on any atom is -0.462 e. The summed E-state index contributed by atoms with van der Waals surface area (Å²) in [5.74, 6) is -0.277. The number of halogens is 4. The smallest absolute Gasteiger partial charge is 0.462 e. The van der Waals surface area contributed by atoms with Crippen LogP contribution < -0.4 is 4.57 Å². The number of pyridine rings is 1. The molecular weight excluding hydrogens is 361 g/mol. The van der Waals surface area contributed by atoms with E-state index in [2.05, 4.69) is 42.6 Å². The number of nitrogens with zero attached hydrogens (tertiary/aromatic N) is 1. The lowest BCUT2D eigenvalue weighted by atomic mass is 10.1. The molecule has 0 aliphatic carbocycles. The first-order chi connectivity index (χ1) is 12.6. The minimum absolute atomic E-state index is 0.277. The van der Waals surface area contributed by atoms with Gasteiger partial charge in [-0.1, -0.05) is 32.8 Å². The normalized spacial score (nSPS) is 10.7. The third kappa shape index (κ3) is 17.3. The van der Waals surface area contributed by atoms with Gasteiger partial charge < -0.3 is 22.0 Å². The maximum absolute atomic E-state index is 11.2. The van der Waals surface area contributed by atoms with Gasteiger partial charge in [0.15, 0.2) is 12.4 Å². The first kappa shape index (κ1) is 25.1. The number of carbonyl (C=O) groups is 1. The lowest BCUT2D eigenvalue weighted by Gasteiger charge is -2.04. The van der Waals surface area contributed by atoms with E-state index in [1.807, 2.05) is 0 Å². The van der Waals surface area contributed by atoms with E-state index in [0.717, 1.165) is 25.8 Å². The van der Waals surface area contributed by atoms with Crippen molar-refractivity contribution in [3.63, 3.8) is 0 Å². The molecule has 0 atom stereocenters. The lowest BCUT2D eigenvalue weighted by Crippen LogP contribution is -2.33. The van der Waals surface area contributed by atoms with Crippen LogP contribution in [0.2, 0.25) is 0 Å². The molecule has 1 rings (SSSR count). The van der Waals surface area contributed by atoms with Gasteiger partial charge in [0, 0.05) is 23.6 Å². The van der Waals surface area contributed by atoms with Gasteiger partial charge in [-0.3, -0.25) is 0 Å². The van der Waals surface area contributed by atoms with Crippen LogP contribution >= 0.6 is 0 Å². The Morgan fingerprint density at radius 1 is 1.15 bits per heavy atom. The zero-order valence-corrected chi connectivity index (χ0v) is 16.2. The molecule has 0 spiro atoms. The third-order valence-electron chi connectivity index (χ3n) is 3.63. The molecule has 0 aliphatic heterocycles. The average Bonchev–Trinajstić information content (AvgIpc) is 2.57. The number of aryl methyl sites for hydroxylation is 2. The molecule has 0 bridgehead atoms. The minimum atomic E-state index is -6.00. The zero-order valence-electron chi connectivity index (χ0n) is 16.2. The van der Waals surface area contributed by atoms with Crippen LogP contribution in [0.3, 0.4) is 0 Å². The summed E-state index contributed by atoms with van der Waals surface area (Å²) in [4.78, 5) is 11.2. The van der Waals surface area contributed by atoms with Crippen LogP contribution in [-0.2, 0) is 22.5 Å². The van der Waals surface area contributed by atoms with Gasteiger partial charge in [0.2, 0.25) is 0 Å². The molecule has 1 aromatic heterocycles. The van der Waals surface area contributed by atoms with Crippen molar-refractivity contribution >= 4 is 13.2 Å². The SMILES string of the molecule is C=C(C)C(=O)OCCCCCCc1ccc[n+](CCCC)c1.F[B-](F)(F)F. The Balaban J connectivity index is 0.00000119. The predicted octanol–water partition coefficient (Wildman–Crippen LogP) is 5.30. The highest BCUT2D eigenvalue weighted by Gasteiger charge is 2.20. The highest BCUT2D eigenvalue weighted by Crippen LogP contribution is 2.07. The van der Waals surface area contributed by atoms with Crippen molar-refractivity contribution in [1.29, 1.82) is 0 Å². The molecule has 1 aromatic rings. The number of unbranched alkanes of at least 4 members (excludes halogenated alkanes) is 4. The Bertz CT molecular complexity index is 559. The summed E-state index contributed by atoms with van der Waals surface area (Å²) in [7, 11) is -6.00. The van der Waals surface area contributed by atoms with E-state index in [9.17, 15) is 22.1 Å². The number of aromatic nitrogens is 1. The van der Waals surface area contributed by atoms with Crippen LogP contribution in [0.25, 0.3) is 0 Å². The van der Waals surface area contributed by atoms with E-state index < -0.39 is 7.25 Å². The van der Waals surface area contributed by atoms with Crippen molar-refractivity contribution in [2.24, 2.45) is 0 Å². The van der Waals surface area contributed by atoms with Crippen LogP contribution in [0.5, 0.6) is 0 Å². The fourth-order valence-electron chi connectivity index (χ4n) is 2.28. The summed E-state index contributed by atoms with van der Waals surface area (Å²) in [6.07, 6.45) is 12.4. The van der Waals surface area contributed by atoms with Gasteiger partial charge in [-0.25, -0.2) is 9.36 Å². The summed E-state index contributed by atoms with van der Waals surface area (Å²) < 4.78 is 46.4. The molecule has 0 N–H and O–H groups in total. The molecule has 0 aliphatic rings. The first-order valence-corrected chi connectivity index (χ1v) is 9.31. The fraction of sp³-hybridized carbons (Fsp3) is 0.579. The second-order valence-electron chi connectivity index (χ2n) is 6.38.